The zero-order valence-electron chi connectivity index (χ0n) is 9.74. The fraction of sp³-hybridized carbons (Fsp3) is 0.500. The van der Waals surface area contributed by atoms with Crippen molar-refractivity contribution in [2.45, 2.75) is 26.2 Å². The molecule has 0 N–H and O–H groups in total. The van der Waals surface area contributed by atoms with E-state index < -0.39 is 0 Å². The number of nitrogens with zero attached hydrogens (tertiary/aromatic N) is 2. The van der Waals surface area contributed by atoms with Crippen LogP contribution in [0.2, 0.25) is 5.15 Å². The minimum Gasteiger partial charge on any atom is -0.340 e. The highest BCUT2D eigenvalue weighted by molar-refractivity contribution is 6.29. The normalized spacial score (nSPS) is 10.2. The summed E-state index contributed by atoms with van der Waals surface area (Å²) in [5.41, 5.74) is 0.409. The lowest BCUT2D eigenvalue weighted by Gasteiger charge is -2.16. The van der Waals surface area contributed by atoms with Crippen LogP contribution in [-0.4, -0.2) is 29.4 Å². The Morgan fingerprint density at radius 2 is 2.19 bits per heavy atom. The number of hydrogen-bond acceptors (Lipinski definition) is 2. The van der Waals surface area contributed by atoms with Gasteiger partial charge in [0.25, 0.3) is 5.91 Å². The Labute approximate surface area is 101 Å². The van der Waals surface area contributed by atoms with E-state index in [1.807, 2.05) is 0 Å². The molecular formula is C12H17ClN2O. The number of amides is 1. The third-order valence-corrected chi connectivity index (χ3v) is 2.59. The SMILES string of the molecule is CCCCCN(C)C(=O)c1cccc(Cl)n1. The van der Waals surface area contributed by atoms with Crippen molar-refractivity contribution < 1.29 is 4.79 Å². The third-order valence-electron chi connectivity index (χ3n) is 2.38. The van der Waals surface area contributed by atoms with E-state index in [9.17, 15) is 4.79 Å². The summed E-state index contributed by atoms with van der Waals surface area (Å²) in [6, 6.07) is 5.09. The summed E-state index contributed by atoms with van der Waals surface area (Å²) < 4.78 is 0. The van der Waals surface area contributed by atoms with E-state index in [1.54, 1.807) is 30.1 Å². The summed E-state index contributed by atoms with van der Waals surface area (Å²) in [6.07, 6.45) is 3.32. The molecule has 0 saturated carbocycles. The smallest absolute Gasteiger partial charge is 0.272 e. The highest BCUT2D eigenvalue weighted by atomic mass is 35.5. The Morgan fingerprint density at radius 1 is 1.44 bits per heavy atom. The van der Waals surface area contributed by atoms with E-state index in [-0.39, 0.29) is 5.91 Å². The first-order chi connectivity index (χ1) is 7.65. The zero-order valence-corrected chi connectivity index (χ0v) is 10.5. The van der Waals surface area contributed by atoms with Crippen LogP contribution in [0.5, 0.6) is 0 Å². The first kappa shape index (κ1) is 13.0. The quantitative estimate of drug-likeness (QED) is 0.586. The van der Waals surface area contributed by atoms with E-state index >= 15 is 0 Å². The van der Waals surface area contributed by atoms with Gasteiger partial charge in [-0.05, 0) is 18.6 Å². The number of pyridine rings is 1. The van der Waals surface area contributed by atoms with Crippen molar-refractivity contribution in [1.29, 1.82) is 0 Å². The molecule has 0 aliphatic carbocycles. The molecule has 1 rings (SSSR count). The average molecular weight is 241 g/mol. The van der Waals surface area contributed by atoms with Crippen LogP contribution in [0.1, 0.15) is 36.7 Å². The number of hydrogen-bond donors (Lipinski definition) is 0. The predicted octanol–water partition coefficient (Wildman–Crippen LogP) is 3.00. The van der Waals surface area contributed by atoms with Crippen LogP contribution in [0.15, 0.2) is 18.2 Å². The van der Waals surface area contributed by atoms with Crippen LogP contribution in [0, 0.1) is 0 Å². The van der Waals surface area contributed by atoms with Crippen LogP contribution in [-0.2, 0) is 0 Å². The Hall–Kier alpha value is -1.09. The molecule has 0 radical (unpaired) electrons. The van der Waals surface area contributed by atoms with E-state index in [0.717, 1.165) is 25.8 Å². The van der Waals surface area contributed by atoms with Crippen molar-refractivity contribution in [1.82, 2.24) is 9.88 Å². The van der Waals surface area contributed by atoms with Crippen LogP contribution >= 0.6 is 11.6 Å². The summed E-state index contributed by atoms with van der Waals surface area (Å²) in [6.45, 7) is 2.90. The molecule has 3 nitrogen and oxygen atoms in total. The van der Waals surface area contributed by atoms with Gasteiger partial charge < -0.3 is 4.90 Å². The average Bonchev–Trinajstić information content (AvgIpc) is 2.28. The highest BCUT2D eigenvalue weighted by Crippen LogP contribution is 2.07. The molecule has 0 aliphatic heterocycles. The monoisotopic (exact) mass is 240 g/mol. The van der Waals surface area contributed by atoms with E-state index in [1.165, 1.54) is 0 Å². The maximum Gasteiger partial charge on any atom is 0.272 e. The number of rotatable bonds is 5. The molecular weight excluding hydrogens is 224 g/mol. The largest absolute Gasteiger partial charge is 0.340 e. The van der Waals surface area contributed by atoms with E-state index in [2.05, 4.69) is 11.9 Å². The van der Waals surface area contributed by atoms with Gasteiger partial charge in [0.05, 0.1) is 0 Å². The summed E-state index contributed by atoms with van der Waals surface area (Å²) >= 11 is 5.74. The fourth-order valence-corrected chi connectivity index (χ4v) is 1.59. The minimum absolute atomic E-state index is 0.0707. The van der Waals surface area contributed by atoms with Crippen molar-refractivity contribution in [3.05, 3.63) is 29.0 Å². The standard InChI is InChI=1S/C12H17ClN2O/c1-3-4-5-9-15(2)12(16)10-7-6-8-11(13)14-10/h6-8H,3-5,9H2,1-2H3. The molecule has 0 saturated heterocycles. The Balaban J connectivity index is 2.56. The summed E-state index contributed by atoms with van der Waals surface area (Å²) in [4.78, 5) is 17.6. The molecule has 0 spiro atoms. The van der Waals surface area contributed by atoms with Crippen LogP contribution in [0.4, 0.5) is 0 Å². The van der Waals surface area contributed by atoms with E-state index in [0.29, 0.717) is 10.8 Å². The molecule has 0 aliphatic rings. The molecule has 88 valence electrons. The second-order valence-electron chi connectivity index (χ2n) is 3.78. The Morgan fingerprint density at radius 3 is 2.81 bits per heavy atom. The molecule has 1 amide bonds. The molecule has 0 aromatic carbocycles. The number of carbonyl (C=O) groups is 1. The molecule has 0 bridgehead atoms. The van der Waals surface area contributed by atoms with Gasteiger partial charge in [-0.25, -0.2) is 4.98 Å². The Bertz CT molecular complexity index is 355. The van der Waals surface area contributed by atoms with Crippen molar-refractivity contribution >= 4 is 17.5 Å². The van der Waals surface area contributed by atoms with Gasteiger partial charge >= 0.3 is 0 Å². The summed E-state index contributed by atoms with van der Waals surface area (Å²) in [5, 5.41) is 0.354. The van der Waals surface area contributed by atoms with Crippen molar-refractivity contribution in [2.24, 2.45) is 0 Å². The Kier molecular flexibility index (Phi) is 5.26. The molecule has 0 atom stereocenters. The van der Waals surface area contributed by atoms with Crippen LogP contribution < -0.4 is 0 Å². The van der Waals surface area contributed by atoms with Crippen LogP contribution in [0.3, 0.4) is 0 Å². The van der Waals surface area contributed by atoms with Gasteiger partial charge in [0.1, 0.15) is 10.8 Å². The number of unbranched alkanes of at least 4 members (excludes halogenated alkanes) is 2. The third kappa shape index (κ3) is 3.81. The van der Waals surface area contributed by atoms with Crippen molar-refractivity contribution in [2.75, 3.05) is 13.6 Å². The number of carbonyl (C=O) groups excluding carboxylic acids is 1. The van der Waals surface area contributed by atoms with Gasteiger partial charge in [0.2, 0.25) is 0 Å². The lowest BCUT2D eigenvalue weighted by atomic mass is 10.2. The highest BCUT2D eigenvalue weighted by Gasteiger charge is 2.12. The second-order valence-corrected chi connectivity index (χ2v) is 4.17. The lowest BCUT2D eigenvalue weighted by molar-refractivity contribution is 0.0787. The minimum atomic E-state index is -0.0707. The van der Waals surface area contributed by atoms with Crippen molar-refractivity contribution in [3.8, 4) is 0 Å². The fourth-order valence-electron chi connectivity index (χ4n) is 1.42. The second kappa shape index (κ2) is 6.48. The molecule has 1 aromatic heterocycles. The summed E-state index contributed by atoms with van der Waals surface area (Å²) in [7, 11) is 1.79. The first-order valence-electron chi connectivity index (χ1n) is 5.53. The lowest BCUT2D eigenvalue weighted by Crippen LogP contribution is -2.28. The molecule has 16 heavy (non-hydrogen) atoms. The molecule has 0 unspecified atom stereocenters. The first-order valence-corrected chi connectivity index (χ1v) is 5.91. The van der Waals surface area contributed by atoms with Gasteiger partial charge in [-0.15, -0.1) is 0 Å². The van der Waals surface area contributed by atoms with Gasteiger partial charge in [-0.3, -0.25) is 4.79 Å². The van der Waals surface area contributed by atoms with E-state index in [4.69, 9.17) is 11.6 Å². The topological polar surface area (TPSA) is 33.2 Å². The van der Waals surface area contributed by atoms with Gasteiger partial charge in [0, 0.05) is 13.6 Å². The van der Waals surface area contributed by atoms with Gasteiger partial charge in [0.15, 0.2) is 0 Å². The van der Waals surface area contributed by atoms with Crippen molar-refractivity contribution in [3.63, 3.8) is 0 Å². The predicted molar refractivity (Wildman–Crippen MR) is 65.7 cm³/mol. The zero-order chi connectivity index (χ0) is 12.0. The molecule has 1 aromatic rings. The molecule has 0 fully saturated rings. The number of aromatic nitrogens is 1. The maximum absolute atomic E-state index is 11.9. The molecule has 1 heterocycles. The van der Waals surface area contributed by atoms with Gasteiger partial charge in [-0.1, -0.05) is 37.4 Å². The van der Waals surface area contributed by atoms with Crippen LogP contribution in [0.25, 0.3) is 0 Å². The molecule has 4 heteroatoms. The summed E-state index contributed by atoms with van der Waals surface area (Å²) in [5.74, 6) is -0.0707. The van der Waals surface area contributed by atoms with Gasteiger partial charge in [-0.2, -0.15) is 0 Å². The maximum atomic E-state index is 11.9. The number of halogens is 1.